The second kappa shape index (κ2) is 4.41. The van der Waals surface area contributed by atoms with Crippen molar-refractivity contribution in [2.75, 3.05) is 0 Å². The molecular weight excluding hydrogens is 250 g/mol. The fraction of sp³-hybridized carbons (Fsp3) is 0.600. The minimum Gasteiger partial charge on any atom is -0.476 e. The van der Waals surface area contributed by atoms with Crippen molar-refractivity contribution >= 4 is 5.97 Å². The van der Waals surface area contributed by atoms with E-state index in [1.165, 1.54) is 9.48 Å². The molecule has 1 N–H and O–H groups in total. The number of aromatic carboxylic acids is 1. The van der Waals surface area contributed by atoms with Gasteiger partial charge >= 0.3 is 5.97 Å². The summed E-state index contributed by atoms with van der Waals surface area (Å²) < 4.78 is 1.50. The summed E-state index contributed by atoms with van der Waals surface area (Å²) in [6, 6.07) is 0. The Morgan fingerprint density at radius 3 is 2.42 bits per heavy atom. The van der Waals surface area contributed by atoms with Crippen molar-refractivity contribution < 1.29 is 9.90 Å². The van der Waals surface area contributed by atoms with Crippen LogP contribution >= 0.6 is 0 Å². The molecule has 9 heteroatoms. The summed E-state index contributed by atoms with van der Waals surface area (Å²) in [6.45, 7) is 5.94. The van der Waals surface area contributed by atoms with E-state index in [4.69, 9.17) is 5.11 Å². The molecule has 2 aromatic heterocycles. The summed E-state index contributed by atoms with van der Waals surface area (Å²) in [4.78, 5) is 12.5. The minimum absolute atomic E-state index is 0.0450. The van der Waals surface area contributed by atoms with Gasteiger partial charge in [-0.2, -0.15) is 4.80 Å². The van der Waals surface area contributed by atoms with E-state index in [-0.39, 0.29) is 12.2 Å². The average Bonchev–Trinajstić information content (AvgIpc) is 2.84. The van der Waals surface area contributed by atoms with Crippen molar-refractivity contribution in [3.8, 4) is 0 Å². The van der Waals surface area contributed by atoms with E-state index in [2.05, 4.69) is 25.7 Å². The van der Waals surface area contributed by atoms with Gasteiger partial charge in [0.2, 0.25) is 0 Å². The van der Waals surface area contributed by atoms with Crippen molar-refractivity contribution in [2.24, 2.45) is 7.05 Å². The lowest BCUT2D eigenvalue weighted by Crippen LogP contribution is -2.22. The molecule has 2 heterocycles. The first kappa shape index (κ1) is 13.1. The lowest BCUT2D eigenvalue weighted by atomic mass is 9.90. The van der Waals surface area contributed by atoms with Crippen LogP contribution in [0.3, 0.4) is 0 Å². The first-order chi connectivity index (χ1) is 8.79. The summed E-state index contributed by atoms with van der Waals surface area (Å²) in [5, 5.41) is 28.4. The molecule has 0 fully saturated rings. The number of hydrogen-bond acceptors (Lipinski definition) is 6. The molecule has 2 aromatic rings. The van der Waals surface area contributed by atoms with Gasteiger partial charge in [-0.1, -0.05) is 26.0 Å². The van der Waals surface area contributed by atoms with Gasteiger partial charge in [0.15, 0.2) is 11.5 Å². The van der Waals surface area contributed by atoms with Gasteiger partial charge in [-0.25, -0.2) is 9.48 Å². The van der Waals surface area contributed by atoms with Crippen molar-refractivity contribution in [3.63, 3.8) is 0 Å². The monoisotopic (exact) mass is 265 g/mol. The molecule has 0 saturated carbocycles. The fourth-order valence-electron chi connectivity index (χ4n) is 1.83. The maximum atomic E-state index is 11.2. The molecule has 19 heavy (non-hydrogen) atoms. The van der Waals surface area contributed by atoms with E-state index in [0.29, 0.717) is 11.5 Å². The molecule has 0 spiro atoms. The van der Waals surface area contributed by atoms with Crippen LogP contribution < -0.4 is 0 Å². The minimum atomic E-state index is -1.09. The number of aromatic nitrogens is 7. The highest BCUT2D eigenvalue weighted by molar-refractivity contribution is 5.86. The van der Waals surface area contributed by atoms with Crippen LogP contribution in [0.15, 0.2) is 0 Å². The van der Waals surface area contributed by atoms with Crippen LogP contribution in [0, 0.1) is 0 Å². The van der Waals surface area contributed by atoms with Crippen LogP contribution in [-0.4, -0.2) is 46.3 Å². The van der Waals surface area contributed by atoms with Crippen LogP contribution in [0.2, 0.25) is 0 Å². The number of rotatable bonds is 3. The zero-order chi connectivity index (χ0) is 14.2. The summed E-state index contributed by atoms with van der Waals surface area (Å²) >= 11 is 0. The molecule has 9 nitrogen and oxygen atoms in total. The molecule has 0 bridgehead atoms. The van der Waals surface area contributed by atoms with E-state index in [1.807, 2.05) is 20.8 Å². The van der Waals surface area contributed by atoms with E-state index in [9.17, 15) is 4.79 Å². The Morgan fingerprint density at radius 2 is 1.95 bits per heavy atom. The van der Waals surface area contributed by atoms with Gasteiger partial charge in [0.1, 0.15) is 6.54 Å². The van der Waals surface area contributed by atoms with Crippen LogP contribution in [-0.2, 0) is 19.0 Å². The third-order valence-corrected chi connectivity index (χ3v) is 2.49. The molecule has 0 unspecified atom stereocenters. The van der Waals surface area contributed by atoms with Crippen LogP contribution in [0.1, 0.15) is 42.8 Å². The molecule has 2 rings (SSSR count). The molecule has 0 atom stereocenters. The quantitative estimate of drug-likeness (QED) is 0.820. The topological polar surface area (TPSA) is 112 Å². The van der Waals surface area contributed by atoms with Gasteiger partial charge in [0, 0.05) is 5.41 Å². The van der Waals surface area contributed by atoms with Crippen molar-refractivity contribution in [1.29, 1.82) is 0 Å². The van der Waals surface area contributed by atoms with Crippen molar-refractivity contribution in [1.82, 2.24) is 35.2 Å². The number of carboxylic acids is 1. The molecular formula is C10H15N7O2. The number of aryl methyl sites for hydroxylation is 1. The van der Waals surface area contributed by atoms with E-state index >= 15 is 0 Å². The highest BCUT2D eigenvalue weighted by atomic mass is 16.4. The van der Waals surface area contributed by atoms with E-state index in [0.717, 1.165) is 0 Å². The number of carbonyl (C=O) groups is 1. The fourth-order valence-corrected chi connectivity index (χ4v) is 1.83. The first-order valence-corrected chi connectivity index (χ1v) is 5.69. The molecule has 0 amide bonds. The summed E-state index contributed by atoms with van der Waals surface area (Å²) in [5.41, 5.74) is 0.0863. The van der Waals surface area contributed by atoms with Crippen molar-refractivity contribution in [2.45, 2.75) is 32.7 Å². The number of nitrogens with zero attached hydrogens (tertiary/aromatic N) is 7. The normalized spacial score (nSPS) is 11.8. The Hall–Kier alpha value is -2.32. The third kappa shape index (κ3) is 2.59. The molecule has 0 aliphatic heterocycles. The van der Waals surface area contributed by atoms with Gasteiger partial charge < -0.3 is 5.11 Å². The van der Waals surface area contributed by atoms with E-state index in [1.54, 1.807) is 7.05 Å². The Kier molecular flexibility index (Phi) is 3.05. The Labute approximate surface area is 109 Å². The zero-order valence-corrected chi connectivity index (χ0v) is 11.2. The number of hydrogen-bond donors (Lipinski definition) is 1. The van der Waals surface area contributed by atoms with Crippen molar-refractivity contribution in [3.05, 3.63) is 17.2 Å². The Morgan fingerprint density at radius 1 is 1.26 bits per heavy atom. The van der Waals surface area contributed by atoms with Gasteiger partial charge in [0.25, 0.3) is 0 Å². The smallest absolute Gasteiger partial charge is 0.358 e. The predicted octanol–water partition coefficient (Wildman–Crippen LogP) is -0.154. The number of tetrazole rings is 1. The highest BCUT2D eigenvalue weighted by Crippen LogP contribution is 2.24. The standard InChI is InChI=1S/C10H15N7O2/c1-10(2,3)8-7(9(18)19)12-15-17(8)5-6-11-14-16(4)13-6/h5H2,1-4H3,(H,18,19). The number of carboxylic acid groups (broad SMARTS) is 1. The summed E-state index contributed by atoms with van der Waals surface area (Å²) in [6.07, 6.45) is 0. The van der Waals surface area contributed by atoms with Gasteiger partial charge in [-0.15, -0.1) is 15.3 Å². The second-order valence-electron chi connectivity index (χ2n) is 5.19. The zero-order valence-electron chi connectivity index (χ0n) is 11.2. The summed E-state index contributed by atoms with van der Waals surface area (Å²) in [5.74, 6) is -0.641. The highest BCUT2D eigenvalue weighted by Gasteiger charge is 2.29. The largest absolute Gasteiger partial charge is 0.476 e. The average molecular weight is 265 g/mol. The Bertz CT molecular complexity index is 608. The lowest BCUT2D eigenvalue weighted by Gasteiger charge is -2.19. The van der Waals surface area contributed by atoms with Crippen LogP contribution in [0.4, 0.5) is 0 Å². The third-order valence-electron chi connectivity index (χ3n) is 2.49. The molecule has 102 valence electrons. The molecule has 0 aromatic carbocycles. The van der Waals surface area contributed by atoms with Crippen LogP contribution in [0.5, 0.6) is 0 Å². The molecule has 0 aliphatic carbocycles. The molecule has 0 saturated heterocycles. The van der Waals surface area contributed by atoms with Gasteiger partial charge in [-0.3, -0.25) is 0 Å². The van der Waals surface area contributed by atoms with E-state index < -0.39 is 11.4 Å². The molecule has 0 radical (unpaired) electrons. The Balaban J connectivity index is 2.43. The summed E-state index contributed by atoms with van der Waals surface area (Å²) in [7, 11) is 1.66. The second-order valence-corrected chi connectivity index (χ2v) is 5.19. The van der Waals surface area contributed by atoms with Gasteiger partial charge in [0.05, 0.1) is 12.7 Å². The SMILES string of the molecule is Cn1nnc(Cn2nnc(C(=O)O)c2C(C)(C)C)n1. The van der Waals surface area contributed by atoms with Crippen LogP contribution in [0.25, 0.3) is 0 Å². The van der Waals surface area contributed by atoms with Gasteiger partial charge in [-0.05, 0) is 5.21 Å². The lowest BCUT2D eigenvalue weighted by molar-refractivity contribution is 0.0687. The molecule has 0 aliphatic rings. The first-order valence-electron chi connectivity index (χ1n) is 5.69. The maximum absolute atomic E-state index is 11.2. The predicted molar refractivity (Wildman–Crippen MR) is 63.6 cm³/mol. The maximum Gasteiger partial charge on any atom is 0.358 e.